The third-order valence-corrected chi connectivity index (χ3v) is 2.85. The predicted molar refractivity (Wildman–Crippen MR) is 73.2 cm³/mol. The summed E-state index contributed by atoms with van der Waals surface area (Å²) in [4.78, 5) is 4.35. The number of fused-ring (bicyclic) bond motifs is 1. The Morgan fingerprint density at radius 1 is 1.26 bits per heavy atom. The number of rotatable bonds is 3. The first kappa shape index (κ1) is 11.5. The molecule has 2 heterocycles. The molecule has 0 unspecified atom stereocenters. The highest BCUT2D eigenvalue weighted by Gasteiger charge is 2.01. The van der Waals surface area contributed by atoms with Crippen LogP contribution in [0.3, 0.4) is 0 Å². The van der Waals surface area contributed by atoms with E-state index in [1.165, 1.54) is 0 Å². The van der Waals surface area contributed by atoms with Gasteiger partial charge in [-0.3, -0.25) is 0 Å². The van der Waals surface area contributed by atoms with Gasteiger partial charge in [0, 0.05) is 36.3 Å². The molecule has 0 saturated heterocycles. The maximum Gasteiger partial charge on any atom is 0.155 e. The monoisotopic (exact) mass is 254 g/mol. The summed E-state index contributed by atoms with van der Waals surface area (Å²) in [6, 6.07) is 8.91. The van der Waals surface area contributed by atoms with E-state index in [2.05, 4.69) is 15.4 Å². The van der Waals surface area contributed by atoms with Gasteiger partial charge in [-0.15, -0.1) is 0 Å². The lowest BCUT2D eigenvalue weighted by molar-refractivity contribution is 0.475. The summed E-state index contributed by atoms with van der Waals surface area (Å²) in [7, 11) is 0. The molecule has 96 valence electrons. The highest BCUT2D eigenvalue weighted by Crippen LogP contribution is 2.14. The molecule has 3 rings (SSSR count). The Labute approximate surface area is 110 Å². The van der Waals surface area contributed by atoms with Crippen LogP contribution in [0.1, 0.15) is 11.3 Å². The minimum absolute atomic E-state index is 0.264. The second-order valence-corrected chi connectivity index (χ2v) is 4.45. The van der Waals surface area contributed by atoms with Gasteiger partial charge in [0.1, 0.15) is 5.75 Å². The molecule has 2 N–H and O–H groups in total. The Balaban J connectivity index is 1.75. The van der Waals surface area contributed by atoms with Gasteiger partial charge < -0.3 is 10.4 Å². The van der Waals surface area contributed by atoms with E-state index < -0.39 is 0 Å². The zero-order chi connectivity index (χ0) is 13.2. The molecule has 0 aliphatic carbocycles. The van der Waals surface area contributed by atoms with Crippen molar-refractivity contribution < 1.29 is 5.11 Å². The fourth-order valence-corrected chi connectivity index (χ4v) is 1.91. The summed E-state index contributed by atoms with van der Waals surface area (Å²) in [5.74, 6) is 0.264. The molecule has 2 aromatic heterocycles. The molecule has 0 atom stereocenters. The summed E-state index contributed by atoms with van der Waals surface area (Å²) < 4.78 is 1.78. The number of nitrogens with zero attached hydrogens (tertiary/aromatic N) is 3. The summed E-state index contributed by atoms with van der Waals surface area (Å²) in [6.45, 7) is 2.61. The van der Waals surface area contributed by atoms with Crippen molar-refractivity contribution in [2.75, 3.05) is 5.32 Å². The van der Waals surface area contributed by atoms with Crippen molar-refractivity contribution in [2.24, 2.45) is 0 Å². The molecule has 0 amide bonds. The highest BCUT2D eigenvalue weighted by molar-refractivity contribution is 5.46. The molecule has 5 heteroatoms. The maximum absolute atomic E-state index is 9.21. The van der Waals surface area contributed by atoms with Gasteiger partial charge in [0.05, 0.1) is 5.69 Å². The number of aryl methyl sites for hydroxylation is 1. The first-order valence-electron chi connectivity index (χ1n) is 6.04. The van der Waals surface area contributed by atoms with Gasteiger partial charge >= 0.3 is 0 Å². The van der Waals surface area contributed by atoms with E-state index in [4.69, 9.17) is 0 Å². The molecule has 1 aromatic carbocycles. The maximum atomic E-state index is 9.21. The standard InChI is InChI=1S/C14H14N4O/c1-10-6-14-16-8-11(9-18(14)17-10)7-15-12-2-4-13(19)5-3-12/h2-6,8-9,15,19H,7H2,1H3. The van der Waals surface area contributed by atoms with E-state index in [9.17, 15) is 5.11 Å². The van der Waals surface area contributed by atoms with Gasteiger partial charge in [-0.2, -0.15) is 5.10 Å². The quantitative estimate of drug-likeness (QED) is 0.704. The predicted octanol–water partition coefficient (Wildman–Crippen LogP) is 2.36. The second-order valence-electron chi connectivity index (χ2n) is 4.45. The molecule has 5 nitrogen and oxygen atoms in total. The molecule has 3 aromatic rings. The normalized spacial score (nSPS) is 10.8. The lowest BCUT2D eigenvalue weighted by atomic mass is 10.3. The molecule has 0 aliphatic rings. The first-order chi connectivity index (χ1) is 9.20. The van der Waals surface area contributed by atoms with Crippen LogP contribution in [0.15, 0.2) is 42.7 Å². The van der Waals surface area contributed by atoms with E-state index in [-0.39, 0.29) is 5.75 Å². The van der Waals surface area contributed by atoms with Crippen molar-refractivity contribution in [3.8, 4) is 5.75 Å². The van der Waals surface area contributed by atoms with Crippen LogP contribution in [-0.4, -0.2) is 19.7 Å². The Kier molecular flexibility index (Phi) is 2.79. The van der Waals surface area contributed by atoms with Gasteiger partial charge in [-0.25, -0.2) is 9.50 Å². The third-order valence-electron chi connectivity index (χ3n) is 2.85. The average molecular weight is 254 g/mol. The van der Waals surface area contributed by atoms with Crippen LogP contribution in [0.2, 0.25) is 0 Å². The first-order valence-corrected chi connectivity index (χ1v) is 6.04. The molecule has 0 fully saturated rings. The number of phenolic OH excluding ortho intramolecular Hbond substituents is 1. The molecular formula is C14H14N4O. The summed E-state index contributed by atoms with van der Waals surface area (Å²) >= 11 is 0. The van der Waals surface area contributed by atoms with Gasteiger partial charge in [0.2, 0.25) is 0 Å². The van der Waals surface area contributed by atoms with Gasteiger partial charge in [-0.1, -0.05) is 0 Å². The van der Waals surface area contributed by atoms with E-state index in [1.807, 2.05) is 37.5 Å². The number of hydrogen-bond acceptors (Lipinski definition) is 4. The van der Waals surface area contributed by atoms with E-state index >= 15 is 0 Å². The van der Waals surface area contributed by atoms with Crippen LogP contribution in [0.25, 0.3) is 5.65 Å². The van der Waals surface area contributed by atoms with Crippen molar-refractivity contribution in [1.82, 2.24) is 14.6 Å². The molecule has 0 radical (unpaired) electrons. The van der Waals surface area contributed by atoms with Crippen LogP contribution in [0.4, 0.5) is 5.69 Å². The smallest absolute Gasteiger partial charge is 0.155 e. The zero-order valence-electron chi connectivity index (χ0n) is 10.5. The summed E-state index contributed by atoms with van der Waals surface area (Å²) in [5, 5.41) is 16.8. The topological polar surface area (TPSA) is 62.5 Å². The number of nitrogens with one attached hydrogen (secondary N) is 1. The number of hydrogen-bond donors (Lipinski definition) is 2. The largest absolute Gasteiger partial charge is 0.508 e. The molecule has 0 bridgehead atoms. The number of phenols is 1. The van der Waals surface area contributed by atoms with Crippen molar-refractivity contribution in [1.29, 1.82) is 0 Å². The Morgan fingerprint density at radius 3 is 2.84 bits per heavy atom. The second kappa shape index (κ2) is 4.61. The Hall–Kier alpha value is -2.56. The fraction of sp³-hybridized carbons (Fsp3) is 0.143. The van der Waals surface area contributed by atoms with Crippen molar-refractivity contribution >= 4 is 11.3 Å². The SMILES string of the molecule is Cc1cc2ncc(CNc3ccc(O)cc3)cn2n1. The van der Waals surface area contributed by atoms with Crippen molar-refractivity contribution in [2.45, 2.75) is 13.5 Å². The minimum Gasteiger partial charge on any atom is -0.508 e. The van der Waals surface area contributed by atoms with Crippen LogP contribution in [-0.2, 0) is 6.54 Å². The highest BCUT2D eigenvalue weighted by atomic mass is 16.3. The molecule has 19 heavy (non-hydrogen) atoms. The van der Waals surface area contributed by atoms with Gasteiger partial charge in [-0.05, 0) is 31.2 Å². The van der Waals surface area contributed by atoms with Crippen LogP contribution >= 0.6 is 0 Å². The lowest BCUT2D eigenvalue weighted by Crippen LogP contribution is -2.02. The number of anilines is 1. The molecular weight excluding hydrogens is 240 g/mol. The van der Waals surface area contributed by atoms with Gasteiger partial charge in [0.25, 0.3) is 0 Å². The minimum atomic E-state index is 0.264. The molecule has 0 saturated carbocycles. The van der Waals surface area contributed by atoms with E-state index in [1.54, 1.807) is 16.6 Å². The summed E-state index contributed by atoms with van der Waals surface area (Å²) in [6.07, 6.45) is 3.80. The number of aromatic nitrogens is 3. The Morgan fingerprint density at radius 2 is 2.05 bits per heavy atom. The van der Waals surface area contributed by atoms with Crippen molar-refractivity contribution in [3.05, 3.63) is 54.0 Å². The fourth-order valence-electron chi connectivity index (χ4n) is 1.91. The van der Waals surface area contributed by atoms with E-state index in [0.29, 0.717) is 6.54 Å². The van der Waals surface area contributed by atoms with Crippen LogP contribution in [0, 0.1) is 6.92 Å². The summed E-state index contributed by atoms with van der Waals surface area (Å²) in [5.41, 5.74) is 3.81. The zero-order valence-corrected chi connectivity index (χ0v) is 10.5. The number of benzene rings is 1. The van der Waals surface area contributed by atoms with Crippen molar-refractivity contribution in [3.63, 3.8) is 0 Å². The Bertz CT molecular complexity index is 703. The lowest BCUT2D eigenvalue weighted by Gasteiger charge is -2.06. The molecule has 0 spiro atoms. The van der Waals surface area contributed by atoms with E-state index in [0.717, 1.165) is 22.6 Å². The number of aromatic hydroxyl groups is 1. The third kappa shape index (κ3) is 2.49. The molecule has 0 aliphatic heterocycles. The van der Waals surface area contributed by atoms with Gasteiger partial charge in [0.15, 0.2) is 5.65 Å². The van der Waals surface area contributed by atoms with Crippen LogP contribution < -0.4 is 5.32 Å². The average Bonchev–Trinajstić information content (AvgIpc) is 2.77. The van der Waals surface area contributed by atoms with Crippen LogP contribution in [0.5, 0.6) is 5.75 Å².